The molecular weight excluding hydrogens is 463 g/mol. The number of carbonyl (C=O) groups excluding carboxylic acids is 2. The molecular formula is C25H32Cl2N2O2S. The van der Waals surface area contributed by atoms with Crippen molar-refractivity contribution in [1.82, 2.24) is 10.2 Å². The van der Waals surface area contributed by atoms with Crippen LogP contribution in [0.5, 0.6) is 0 Å². The van der Waals surface area contributed by atoms with Crippen LogP contribution in [0.3, 0.4) is 0 Å². The van der Waals surface area contributed by atoms with E-state index in [1.165, 1.54) is 16.7 Å². The van der Waals surface area contributed by atoms with Crippen LogP contribution in [-0.4, -0.2) is 34.6 Å². The molecule has 0 saturated heterocycles. The van der Waals surface area contributed by atoms with Crippen molar-refractivity contribution in [1.29, 1.82) is 0 Å². The molecule has 0 heterocycles. The van der Waals surface area contributed by atoms with Gasteiger partial charge in [0.15, 0.2) is 0 Å². The fourth-order valence-corrected chi connectivity index (χ4v) is 4.69. The summed E-state index contributed by atoms with van der Waals surface area (Å²) in [5.41, 5.74) is 4.37. The second-order valence-corrected chi connectivity index (χ2v) is 10.1. The van der Waals surface area contributed by atoms with E-state index in [0.29, 0.717) is 10.0 Å². The molecule has 0 spiro atoms. The largest absolute Gasteiger partial charge is 0.352 e. The molecule has 2 aromatic carbocycles. The Kier molecular flexibility index (Phi) is 10.4. The SMILES string of the molecule is CC[C@H](C)NC(=O)[C@@H](C)N(Cc1ccc(Cl)cc1Cl)C(=O)CSCc1cc(C)cc(C)c1. The van der Waals surface area contributed by atoms with Crippen LogP contribution in [0.1, 0.15) is 49.4 Å². The lowest BCUT2D eigenvalue weighted by Gasteiger charge is -2.30. The first kappa shape index (κ1) is 26.6. The summed E-state index contributed by atoms with van der Waals surface area (Å²) in [7, 11) is 0. The highest BCUT2D eigenvalue weighted by Gasteiger charge is 2.27. The Hall–Kier alpha value is -1.69. The van der Waals surface area contributed by atoms with E-state index in [0.717, 1.165) is 17.7 Å². The molecule has 1 N–H and O–H groups in total. The topological polar surface area (TPSA) is 49.4 Å². The average Bonchev–Trinajstić information content (AvgIpc) is 2.71. The van der Waals surface area contributed by atoms with E-state index in [9.17, 15) is 9.59 Å². The second kappa shape index (κ2) is 12.5. The standard InChI is InChI=1S/C25H32Cl2N2O2S/c1-6-18(4)28-25(31)19(5)29(13-21-7-8-22(26)12-23(21)27)24(30)15-32-14-20-10-16(2)9-17(3)11-20/h7-12,18-19H,6,13-15H2,1-5H3,(H,28,31)/t18-,19+/m0/s1. The van der Waals surface area contributed by atoms with E-state index in [1.54, 1.807) is 41.8 Å². The number of carbonyl (C=O) groups is 2. The van der Waals surface area contributed by atoms with Crippen molar-refractivity contribution in [3.05, 3.63) is 68.7 Å². The molecule has 2 aromatic rings. The van der Waals surface area contributed by atoms with Crippen LogP contribution < -0.4 is 5.32 Å². The van der Waals surface area contributed by atoms with Crippen molar-refractivity contribution >= 4 is 46.8 Å². The van der Waals surface area contributed by atoms with E-state index in [4.69, 9.17) is 23.2 Å². The molecule has 0 aromatic heterocycles. The summed E-state index contributed by atoms with van der Waals surface area (Å²) in [6.45, 7) is 10.1. The van der Waals surface area contributed by atoms with Crippen LogP contribution >= 0.6 is 35.0 Å². The third kappa shape index (κ3) is 8.02. The zero-order valence-electron chi connectivity index (χ0n) is 19.4. The van der Waals surface area contributed by atoms with Gasteiger partial charge in [-0.05, 0) is 57.4 Å². The van der Waals surface area contributed by atoms with E-state index in [1.807, 2.05) is 13.8 Å². The first-order valence-electron chi connectivity index (χ1n) is 10.8. The predicted octanol–water partition coefficient (Wildman–Crippen LogP) is 6.18. The molecule has 0 fully saturated rings. The van der Waals surface area contributed by atoms with Crippen molar-refractivity contribution in [3.8, 4) is 0 Å². The lowest BCUT2D eigenvalue weighted by atomic mass is 10.1. The number of thioether (sulfide) groups is 1. The quantitative estimate of drug-likeness (QED) is 0.429. The Bertz CT molecular complexity index is 931. The smallest absolute Gasteiger partial charge is 0.242 e. The van der Waals surface area contributed by atoms with Gasteiger partial charge in [-0.1, -0.05) is 65.5 Å². The molecule has 2 atom stereocenters. The maximum atomic E-state index is 13.2. The highest BCUT2D eigenvalue weighted by atomic mass is 35.5. The molecule has 2 rings (SSSR count). The van der Waals surface area contributed by atoms with Gasteiger partial charge in [0.1, 0.15) is 6.04 Å². The maximum absolute atomic E-state index is 13.2. The Morgan fingerprint density at radius 2 is 1.72 bits per heavy atom. The summed E-state index contributed by atoms with van der Waals surface area (Å²) in [6, 6.07) is 11.0. The van der Waals surface area contributed by atoms with E-state index >= 15 is 0 Å². The lowest BCUT2D eigenvalue weighted by molar-refractivity contribution is -0.138. The number of benzene rings is 2. The minimum absolute atomic E-state index is 0.0416. The van der Waals surface area contributed by atoms with Crippen molar-refractivity contribution < 1.29 is 9.59 Å². The van der Waals surface area contributed by atoms with Crippen molar-refractivity contribution in [2.75, 3.05) is 5.75 Å². The van der Waals surface area contributed by atoms with Crippen molar-refractivity contribution in [2.24, 2.45) is 0 Å². The van der Waals surface area contributed by atoms with Gasteiger partial charge >= 0.3 is 0 Å². The van der Waals surface area contributed by atoms with E-state index < -0.39 is 6.04 Å². The Morgan fingerprint density at radius 3 is 2.31 bits per heavy atom. The van der Waals surface area contributed by atoms with Crippen LogP contribution in [0.25, 0.3) is 0 Å². The Morgan fingerprint density at radius 1 is 1.06 bits per heavy atom. The van der Waals surface area contributed by atoms with Gasteiger partial charge in [-0.2, -0.15) is 0 Å². The Labute approximate surface area is 206 Å². The summed E-state index contributed by atoms with van der Waals surface area (Å²) >= 11 is 13.9. The number of hydrogen-bond donors (Lipinski definition) is 1. The maximum Gasteiger partial charge on any atom is 0.242 e. The summed E-state index contributed by atoms with van der Waals surface area (Å²) in [5, 5.41) is 3.98. The molecule has 4 nitrogen and oxygen atoms in total. The molecule has 0 bridgehead atoms. The normalized spacial score (nSPS) is 12.8. The zero-order chi connectivity index (χ0) is 23.8. The monoisotopic (exact) mass is 494 g/mol. The average molecular weight is 496 g/mol. The third-order valence-electron chi connectivity index (χ3n) is 5.30. The number of amides is 2. The highest BCUT2D eigenvalue weighted by Crippen LogP contribution is 2.24. The minimum atomic E-state index is -0.620. The molecule has 0 aliphatic rings. The molecule has 0 radical (unpaired) electrons. The van der Waals surface area contributed by atoms with Crippen LogP contribution in [0.2, 0.25) is 10.0 Å². The van der Waals surface area contributed by atoms with Gasteiger partial charge in [-0.3, -0.25) is 9.59 Å². The van der Waals surface area contributed by atoms with Gasteiger partial charge in [-0.15, -0.1) is 11.8 Å². The number of nitrogens with zero attached hydrogens (tertiary/aromatic N) is 1. The molecule has 7 heteroatoms. The molecule has 32 heavy (non-hydrogen) atoms. The molecule has 174 valence electrons. The molecule has 0 saturated carbocycles. The number of aryl methyl sites for hydroxylation is 2. The molecule has 0 unspecified atom stereocenters. The number of rotatable bonds is 10. The number of halogens is 2. The number of hydrogen-bond acceptors (Lipinski definition) is 3. The van der Waals surface area contributed by atoms with Gasteiger partial charge in [0, 0.05) is 28.4 Å². The molecule has 0 aliphatic heterocycles. The first-order valence-corrected chi connectivity index (χ1v) is 12.7. The van der Waals surface area contributed by atoms with Crippen LogP contribution in [0.4, 0.5) is 0 Å². The highest BCUT2D eigenvalue weighted by molar-refractivity contribution is 7.99. The minimum Gasteiger partial charge on any atom is -0.352 e. The fourth-order valence-electron chi connectivity index (χ4n) is 3.37. The third-order valence-corrected chi connectivity index (χ3v) is 6.88. The van der Waals surface area contributed by atoms with Crippen LogP contribution in [-0.2, 0) is 21.9 Å². The van der Waals surface area contributed by atoms with Gasteiger partial charge in [0.25, 0.3) is 0 Å². The van der Waals surface area contributed by atoms with Gasteiger partial charge in [0.05, 0.1) is 5.75 Å². The lowest BCUT2D eigenvalue weighted by Crippen LogP contribution is -2.50. The van der Waals surface area contributed by atoms with Crippen LogP contribution in [0.15, 0.2) is 36.4 Å². The van der Waals surface area contributed by atoms with E-state index in [-0.39, 0.29) is 30.2 Å². The van der Waals surface area contributed by atoms with Crippen molar-refractivity contribution in [2.45, 2.75) is 65.4 Å². The van der Waals surface area contributed by atoms with Gasteiger partial charge < -0.3 is 10.2 Å². The molecule has 0 aliphatic carbocycles. The zero-order valence-corrected chi connectivity index (χ0v) is 21.7. The van der Waals surface area contributed by atoms with E-state index in [2.05, 4.69) is 37.4 Å². The summed E-state index contributed by atoms with van der Waals surface area (Å²) in [4.78, 5) is 27.6. The summed E-state index contributed by atoms with van der Waals surface area (Å²) in [5.74, 6) is 0.741. The Balaban J connectivity index is 2.14. The fraction of sp³-hybridized carbons (Fsp3) is 0.440. The number of nitrogens with one attached hydrogen (secondary N) is 1. The van der Waals surface area contributed by atoms with Gasteiger partial charge in [0.2, 0.25) is 11.8 Å². The van der Waals surface area contributed by atoms with Crippen molar-refractivity contribution in [3.63, 3.8) is 0 Å². The molecule has 2 amide bonds. The van der Waals surface area contributed by atoms with Crippen LogP contribution in [0, 0.1) is 13.8 Å². The predicted molar refractivity (Wildman–Crippen MR) is 136 cm³/mol. The summed E-state index contributed by atoms with van der Waals surface area (Å²) < 4.78 is 0. The summed E-state index contributed by atoms with van der Waals surface area (Å²) in [6.07, 6.45) is 0.821. The first-order chi connectivity index (χ1) is 15.1. The van der Waals surface area contributed by atoms with Gasteiger partial charge in [-0.25, -0.2) is 0 Å². The second-order valence-electron chi connectivity index (χ2n) is 8.24.